The number of fused-ring (bicyclic) bond motifs is 2. The Morgan fingerprint density at radius 1 is 1.15 bits per heavy atom. The molecule has 4 aromatic rings. The van der Waals surface area contributed by atoms with Crippen LogP contribution in [0.15, 0.2) is 42.5 Å². The lowest BCUT2D eigenvalue weighted by Gasteiger charge is -2.05. The van der Waals surface area contributed by atoms with Gasteiger partial charge in [-0.05, 0) is 42.5 Å². The van der Waals surface area contributed by atoms with Gasteiger partial charge in [-0.1, -0.05) is 23.2 Å². The molecule has 0 atom stereocenters. The zero-order valence-corrected chi connectivity index (χ0v) is 16.2. The summed E-state index contributed by atoms with van der Waals surface area (Å²) in [7, 11) is 1.54. The Bertz CT molecular complexity index is 1210. The van der Waals surface area contributed by atoms with Crippen LogP contribution < -0.4 is 10.1 Å². The normalized spacial score (nSPS) is 11.1. The van der Waals surface area contributed by atoms with Crippen molar-refractivity contribution in [2.75, 3.05) is 12.4 Å². The average molecular weight is 421 g/mol. The summed E-state index contributed by atoms with van der Waals surface area (Å²) in [5, 5.41) is 4.91. The Morgan fingerprint density at radius 3 is 2.70 bits per heavy atom. The van der Waals surface area contributed by atoms with Crippen molar-refractivity contribution in [2.24, 2.45) is 0 Å². The topological polar surface area (TPSA) is 51.2 Å². The maximum absolute atomic E-state index is 13.1. The molecule has 4 nitrogen and oxygen atoms in total. The van der Waals surface area contributed by atoms with Gasteiger partial charge in [0.15, 0.2) is 0 Å². The van der Waals surface area contributed by atoms with Crippen LogP contribution in [0.5, 0.6) is 5.75 Å². The molecule has 0 saturated heterocycles. The van der Waals surface area contributed by atoms with Gasteiger partial charge in [0.2, 0.25) is 0 Å². The Kier molecular flexibility index (Phi) is 4.63. The molecule has 136 valence electrons. The molecule has 0 unspecified atom stereocenters. The molecule has 2 aromatic heterocycles. The van der Waals surface area contributed by atoms with E-state index in [1.807, 2.05) is 12.1 Å². The van der Waals surface area contributed by atoms with Crippen LogP contribution >= 0.6 is 34.5 Å². The standard InChI is InChI=1S/C19H11Cl2FN2O2S/c1-26-14-5-2-9-6-10-7-15(27-19(10)24-17(9)16(14)21)18(25)23-13-4-3-11(22)8-12(13)20/h2-8H,1H3,(H,23,25). The molecule has 0 aliphatic carbocycles. The van der Waals surface area contributed by atoms with Crippen LogP contribution in [-0.2, 0) is 0 Å². The number of methoxy groups -OCH3 is 1. The molecule has 0 spiro atoms. The number of pyridine rings is 1. The smallest absolute Gasteiger partial charge is 0.265 e. The van der Waals surface area contributed by atoms with Gasteiger partial charge in [0.1, 0.15) is 21.4 Å². The van der Waals surface area contributed by atoms with Crippen molar-refractivity contribution >= 4 is 67.3 Å². The highest BCUT2D eigenvalue weighted by Gasteiger charge is 2.15. The van der Waals surface area contributed by atoms with Gasteiger partial charge in [0.25, 0.3) is 5.91 Å². The largest absolute Gasteiger partial charge is 0.495 e. The summed E-state index contributed by atoms with van der Waals surface area (Å²) in [6.07, 6.45) is 0. The molecule has 0 saturated carbocycles. The van der Waals surface area contributed by atoms with E-state index >= 15 is 0 Å². The summed E-state index contributed by atoms with van der Waals surface area (Å²) in [4.78, 5) is 18.3. The SMILES string of the molecule is COc1ccc2cc3cc(C(=O)Nc4ccc(F)cc4Cl)sc3nc2c1Cl. The van der Waals surface area contributed by atoms with Crippen LogP contribution in [-0.4, -0.2) is 18.0 Å². The predicted octanol–water partition coefficient (Wildman–Crippen LogP) is 6.16. The first-order chi connectivity index (χ1) is 13.0. The highest BCUT2D eigenvalue weighted by atomic mass is 35.5. The van der Waals surface area contributed by atoms with Crippen molar-refractivity contribution in [3.05, 3.63) is 63.2 Å². The van der Waals surface area contributed by atoms with Crippen molar-refractivity contribution in [1.29, 1.82) is 0 Å². The Labute approximate surface area is 167 Å². The van der Waals surface area contributed by atoms with Crippen LogP contribution in [0.25, 0.3) is 21.1 Å². The quantitative estimate of drug-likeness (QED) is 0.431. The number of benzene rings is 2. The zero-order chi connectivity index (χ0) is 19.1. The first-order valence-electron chi connectivity index (χ1n) is 7.79. The third-order valence-corrected chi connectivity index (χ3v) is 5.72. The molecule has 2 aromatic carbocycles. The number of anilines is 1. The predicted molar refractivity (Wildman–Crippen MR) is 108 cm³/mol. The number of rotatable bonds is 3. The molecule has 0 aliphatic rings. The van der Waals surface area contributed by atoms with Gasteiger partial charge in [0.05, 0.1) is 28.2 Å². The number of nitrogens with zero attached hydrogens (tertiary/aromatic N) is 1. The lowest BCUT2D eigenvalue weighted by Crippen LogP contribution is -2.10. The fourth-order valence-electron chi connectivity index (χ4n) is 2.69. The summed E-state index contributed by atoms with van der Waals surface area (Å²) in [6.45, 7) is 0. The number of amides is 1. The van der Waals surface area contributed by atoms with Gasteiger partial charge in [-0.15, -0.1) is 11.3 Å². The van der Waals surface area contributed by atoms with E-state index in [1.54, 1.807) is 19.2 Å². The van der Waals surface area contributed by atoms with Gasteiger partial charge in [0, 0.05) is 10.8 Å². The van der Waals surface area contributed by atoms with Crippen molar-refractivity contribution in [3.8, 4) is 5.75 Å². The van der Waals surface area contributed by atoms with Gasteiger partial charge in [-0.2, -0.15) is 0 Å². The molecule has 27 heavy (non-hydrogen) atoms. The van der Waals surface area contributed by atoms with E-state index < -0.39 is 5.82 Å². The van der Waals surface area contributed by atoms with Crippen molar-refractivity contribution in [2.45, 2.75) is 0 Å². The number of aromatic nitrogens is 1. The molecular weight excluding hydrogens is 410 g/mol. The lowest BCUT2D eigenvalue weighted by molar-refractivity contribution is 0.103. The van der Waals surface area contributed by atoms with Crippen LogP contribution in [0, 0.1) is 5.82 Å². The molecule has 8 heteroatoms. The highest BCUT2D eigenvalue weighted by molar-refractivity contribution is 7.20. The molecule has 0 bridgehead atoms. The minimum absolute atomic E-state index is 0.132. The van der Waals surface area contributed by atoms with Gasteiger partial charge >= 0.3 is 0 Å². The van der Waals surface area contributed by atoms with Crippen molar-refractivity contribution in [3.63, 3.8) is 0 Å². The van der Waals surface area contributed by atoms with Gasteiger partial charge in [-0.25, -0.2) is 9.37 Å². The van der Waals surface area contributed by atoms with Gasteiger partial charge < -0.3 is 10.1 Å². The third-order valence-electron chi connectivity index (χ3n) is 4.00. The monoisotopic (exact) mass is 420 g/mol. The second kappa shape index (κ2) is 6.96. The maximum Gasteiger partial charge on any atom is 0.265 e. The molecule has 1 N–H and O–H groups in total. The number of hydrogen-bond donors (Lipinski definition) is 1. The fraction of sp³-hybridized carbons (Fsp3) is 0.0526. The van der Waals surface area contributed by atoms with Crippen LogP contribution in [0.3, 0.4) is 0 Å². The van der Waals surface area contributed by atoms with Crippen molar-refractivity contribution < 1.29 is 13.9 Å². The van der Waals surface area contributed by atoms with Crippen LogP contribution in [0.4, 0.5) is 10.1 Å². The molecular formula is C19H11Cl2FN2O2S. The average Bonchev–Trinajstić information content (AvgIpc) is 3.06. The Morgan fingerprint density at radius 2 is 1.96 bits per heavy atom. The number of halogens is 3. The number of hydrogen-bond acceptors (Lipinski definition) is 4. The molecule has 2 heterocycles. The zero-order valence-electron chi connectivity index (χ0n) is 13.8. The second-order valence-electron chi connectivity index (χ2n) is 5.73. The molecule has 4 rings (SSSR count). The highest BCUT2D eigenvalue weighted by Crippen LogP contribution is 2.35. The van der Waals surface area contributed by atoms with Crippen LogP contribution in [0.1, 0.15) is 9.67 Å². The number of nitrogens with one attached hydrogen (secondary N) is 1. The maximum atomic E-state index is 13.1. The number of carbonyl (C=O) groups excluding carboxylic acids is 1. The summed E-state index contributed by atoms with van der Waals surface area (Å²) in [5.41, 5.74) is 0.949. The van der Waals surface area contributed by atoms with Crippen LogP contribution in [0.2, 0.25) is 10.0 Å². The van der Waals surface area contributed by atoms with Crippen molar-refractivity contribution in [1.82, 2.24) is 4.98 Å². The van der Waals surface area contributed by atoms with E-state index in [4.69, 9.17) is 27.9 Å². The minimum Gasteiger partial charge on any atom is -0.495 e. The molecule has 0 aliphatic heterocycles. The lowest BCUT2D eigenvalue weighted by atomic mass is 10.2. The summed E-state index contributed by atoms with van der Waals surface area (Å²) >= 11 is 13.5. The van der Waals surface area contributed by atoms with E-state index in [-0.39, 0.29) is 10.9 Å². The molecule has 1 amide bonds. The number of ether oxygens (including phenoxy) is 1. The third kappa shape index (κ3) is 3.32. The number of thiophene rings is 1. The first kappa shape index (κ1) is 18.0. The Hall–Kier alpha value is -2.41. The minimum atomic E-state index is -0.469. The second-order valence-corrected chi connectivity index (χ2v) is 7.54. The number of carbonyl (C=O) groups is 1. The van der Waals surface area contributed by atoms with E-state index in [0.717, 1.165) is 16.8 Å². The fourth-order valence-corrected chi connectivity index (χ4v) is 4.11. The Balaban J connectivity index is 1.73. The van der Waals surface area contributed by atoms with E-state index in [1.165, 1.54) is 23.5 Å². The van der Waals surface area contributed by atoms with E-state index in [2.05, 4.69) is 10.3 Å². The van der Waals surface area contributed by atoms with E-state index in [9.17, 15) is 9.18 Å². The summed E-state index contributed by atoms with van der Waals surface area (Å²) in [5.74, 6) is -0.279. The summed E-state index contributed by atoms with van der Waals surface area (Å²) < 4.78 is 18.4. The molecule has 0 radical (unpaired) electrons. The van der Waals surface area contributed by atoms with Gasteiger partial charge in [-0.3, -0.25) is 4.79 Å². The summed E-state index contributed by atoms with van der Waals surface area (Å²) in [6, 6.07) is 11.1. The molecule has 0 fully saturated rings. The first-order valence-corrected chi connectivity index (χ1v) is 9.36. The van der Waals surface area contributed by atoms with E-state index in [0.29, 0.717) is 31.7 Å².